The Balaban J connectivity index is 2.16. The summed E-state index contributed by atoms with van der Waals surface area (Å²) in [6, 6.07) is 0. The second-order valence-corrected chi connectivity index (χ2v) is 4.67. The summed E-state index contributed by atoms with van der Waals surface area (Å²) in [4.78, 5) is 8.59. The average Bonchev–Trinajstić information content (AvgIpc) is 2.53. The first-order valence-electron chi connectivity index (χ1n) is 5.34. The minimum atomic E-state index is -0.171. The van der Waals surface area contributed by atoms with Crippen LogP contribution in [0.4, 0.5) is 0 Å². The largest absolute Gasteiger partial charge is 0.393 e. The zero-order valence-electron chi connectivity index (χ0n) is 8.89. The maximum atomic E-state index is 9.34. The van der Waals surface area contributed by atoms with Crippen LogP contribution in [-0.4, -0.2) is 25.6 Å². The third kappa shape index (κ3) is 1.33. The third-order valence-corrected chi connectivity index (χ3v) is 3.47. The minimum absolute atomic E-state index is 0.171. The topological polar surface area (TPSA) is 50.4 Å². The molecule has 2 heterocycles. The first kappa shape index (κ1) is 10.1. The van der Waals surface area contributed by atoms with Crippen LogP contribution in [0.25, 0.3) is 5.52 Å². The molecule has 1 saturated carbocycles. The molecule has 0 radical (unpaired) electrons. The first-order valence-corrected chi connectivity index (χ1v) is 5.71. The molecule has 1 fully saturated rings. The normalized spacial score (nSPS) is 24.7. The molecule has 16 heavy (non-hydrogen) atoms. The van der Waals surface area contributed by atoms with Gasteiger partial charge in [-0.3, -0.25) is 4.40 Å². The van der Waals surface area contributed by atoms with Crippen molar-refractivity contribution in [3.63, 3.8) is 0 Å². The van der Waals surface area contributed by atoms with Crippen LogP contribution >= 0.6 is 11.6 Å². The molecule has 0 saturated heterocycles. The van der Waals surface area contributed by atoms with E-state index < -0.39 is 0 Å². The fourth-order valence-corrected chi connectivity index (χ4v) is 2.56. The molecule has 0 spiro atoms. The van der Waals surface area contributed by atoms with Crippen LogP contribution in [0.5, 0.6) is 0 Å². The van der Waals surface area contributed by atoms with E-state index in [0.29, 0.717) is 11.1 Å². The standard InChI is InChI=1S/C11H12ClN3O/c1-6-9-10(12)13-2-3-15(9)11(14-6)7-4-8(16)5-7/h2-3,7-8,16H,4-5H2,1H3. The van der Waals surface area contributed by atoms with Gasteiger partial charge in [-0.15, -0.1) is 0 Å². The van der Waals surface area contributed by atoms with Crippen molar-refractivity contribution in [1.29, 1.82) is 0 Å². The van der Waals surface area contributed by atoms with Crippen molar-refractivity contribution >= 4 is 17.1 Å². The van der Waals surface area contributed by atoms with Crippen molar-refractivity contribution in [2.45, 2.75) is 31.8 Å². The molecule has 5 heteroatoms. The van der Waals surface area contributed by atoms with Gasteiger partial charge in [0.1, 0.15) is 11.3 Å². The van der Waals surface area contributed by atoms with Crippen molar-refractivity contribution in [2.75, 3.05) is 0 Å². The molecule has 0 aromatic carbocycles. The number of hydrogen-bond donors (Lipinski definition) is 1. The predicted octanol–water partition coefficient (Wildman–Crippen LogP) is 1.93. The molecule has 2 aromatic rings. The van der Waals surface area contributed by atoms with E-state index in [1.807, 2.05) is 17.5 Å². The van der Waals surface area contributed by atoms with Gasteiger partial charge >= 0.3 is 0 Å². The lowest BCUT2D eigenvalue weighted by atomic mass is 9.82. The molecular weight excluding hydrogens is 226 g/mol. The van der Waals surface area contributed by atoms with Gasteiger partial charge in [0, 0.05) is 18.3 Å². The summed E-state index contributed by atoms with van der Waals surface area (Å²) in [5.41, 5.74) is 1.77. The lowest BCUT2D eigenvalue weighted by Gasteiger charge is -2.30. The second kappa shape index (κ2) is 3.43. The van der Waals surface area contributed by atoms with Crippen LogP contribution in [0.3, 0.4) is 0 Å². The summed E-state index contributed by atoms with van der Waals surface area (Å²) in [5, 5.41) is 9.82. The molecule has 84 valence electrons. The molecule has 3 rings (SSSR count). The van der Waals surface area contributed by atoms with Crippen LogP contribution in [0.15, 0.2) is 12.4 Å². The summed E-state index contributed by atoms with van der Waals surface area (Å²) in [5.74, 6) is 1.33. The van der Waals surface area contributed by atoms with E-state index in [1.54, 1.807) is 6.20 Å². The predicted molar refractivity (Wildman–Crippen MR) is 60.7 cm³/mol. The Bertz CT molecular complexity index is 545. The highest BCUT2D eigenvalue weighted by atomic mass is 35.5. The fourth-order valence-electron chi connectivity index (χ4n) is 2.28. The minimum Gasteiger partial charge on any atom is -0.393 e. The number of aromatic nitrogens is 3. The molecule has 1 aliphatic rings. The Morgan fingerprint density at radius 3 is 2.94 bits per heavy atom. The van der Waals surface area contributed by atoms with Crippen molar-refractivity contribution in [1.82, 2.24) is 14.4 Å². The molecule has 0 unspecified atom stereocenters. The number of imidazole rings is 1. The number of fused-ring (bicyclic) bond motifs is 1. The molecule has 1 N–H and O–H groups in total. The molecule has 1 aliphatic carbocycles. The smallest absolute Gasteiger partial charge is 0.154 e. The lowest BCUT2D eigenvalue weighted by molar-refractivity contribution is 0.0715. The number of nitrogens with zero attached hydrogens (tertiary/aromatic N) is 3. The highest BCUT2D eigenvalue weighted by molar-refractivity contribution is 6.32. The number of aliphatic hydroxyl groups is 1. The second-order valence-electron chi connectivity index (χ2n) is 4.31. The molecular formula is C11H12ClN3O. The van der Waals surface area contributed by atoms with Crippen molar-refractivity contribution < 1.29 is 5.11 Å². The van der Waals surface area contributed by atoms with E-state index in [1.165, 1.54) is 0 Å². The van der Waals surface area contributed by atoms with Gasteiger partial charge in [-0.05, 0) is 19.8 Å². The van der Waals surface area contributed by atoms with Crippen LogP contribution in [-0.2, 0) is 0 Å². The summed E-state index contributed by atoms with van der Waals surface area (Å²) < 4.78 is 1.99. The number of rotatable bonds is 1. The third-order valence-electron chi connectivity index (χ3n) is 3.19. The molecule has 0 aliphatic heterocycles. The highest BCUT2D eigenvalue weighted by Gasteiger charge is 2.32. The summed E-state index contributed by atoms with van der Waals surface area (Å²) in [7, 11) is 0. The van der Waals surface area contributed by atoms with Gasteiger partial charge < -0.3 is 5.11 Å². The van der Waals surface area contributed by atoms with Gasteiger partial charge in [-0.1, -0.05) is 11.6 Å². The van der Waals surface area contributed by atoms with Gasteiger partial charge in [-0.25, -0.2) is 9.97 Å². The summed E-state index contributed by atoms with van der Waals surface area (Å²) in [6.07, 6.45) is 4.96. The molecule has 0 atom stereocenters. The van der Waals surface area contributed by atoms with E-state index in [0.717, 1.165) is 29.9 Å². The van der Waals surface area contributed by atoms with Crippen LogP contribution < -0.4 is 0 Å². The fraction of sp³-hybridized carbons (Fsp3) is 0.455. The van der Waals surface area contributed by atoms with Gasteiger partial charge in [0.15, 0.2) is 5.15 Å². The Morgan fingerprint density at radius 2 is 2.25 bits per heavy atom. The summed E-state index contributed by atoms with van der Waals surface area (Å²) >= 11 is 6.05. The molecule has 0 bridgehead atoms. The van der Waals surface area contributed by atoms with Gasteiger partial charge in [-0.2, -0.15) is 0 Å². The van der Waals surface area contributed by atoms with Crippen LogP contribution in [0, 0.1) is 6.92 Å². The summed E-state index contributed by atoms with van der Waals surface area (Å²) in [6.45, 7) is 1.93. The van der Waals surface area contributed by atoms with Gasteiger partial charge in [0.2, 0.25) is 0 Å². The lowest BCUT2D eigenvalue weighted by Crippen LogP contribution is -2.27. The number of aliphatic hydroxyl groups excluding tert-OH is 1. The average molecular weight is 238 g/mol. The van der Waals surface area contributed by atoms with Crippen LogP contribution in [0.2, 0.25) is 5.15 Å². The Labute approximate surface area is 97.9 Å². The zero-order valence-corrected chi connectivity index (χ0v) is 9.65. The van der Waals surface area contributed by atoms with E-state index in [2.05, 4.69) is 9.97 Å². The maximum Gasteiger partial charge on any atom is 0.154 e. The van der Waals surface area contributed by atoms with E-state index in [-0.39, 0.29) is 6.10 Å². The number of halogens is 1. The molecule has 2 aromatic heterocycles. The monoisotopic (exact) mass is 237 g/mol. The van der Waals surface area contributed by atoms with Gasteiger partial charge in [0.05, 0.1) is 11.8 Å². The van der Waals surface area contributed by atoms with Crippen LogP contribution in [0.1, 0.15) is 30.3 Å². The SMILES string of the molecule is Cc1nc(C2CC(O)C2)n2ccnc(Cl)c12. The van der Waals surface area contributed by atoms with Crippen molar-refractivity contribution in [2.24, 2.45) is 0 Å². The quantitative estimate of drug-likeness (QED) is 0.825. The molecule has 0 amide bonds. The van der Waals surface area contributed by atoms with E-state index in [4.69, 9.17) is 11.6 Å². The number of aryl methyl sites for hydroxylation is 1. The highest BCUT2D eigenvalue weighted by Crippen LogP contribution is 2.37. The number of hydrogen-bond acceptors (Lipinski definition) is 3. The zero-order chi connectivity index (χ0) is 11.3. The first-order chi connectivity index (χ1) is 7.66. The van der Waals surface area contributed by atoms with Gasteiger partial charge in [0.25, 0.3) is 0 Å². The van der Waals surface area contributed by atoms with E-state index in [9.17, 15) is 5.11 Å². The van der Waals surface area contributed by atoms with Crippen molar-refractivity contribution in [3.05, 3.63) is 29.1 Å². The van der Waals surface area contributed by atoms with Crippen molar-refractivity contribution in [3.8, 4) is 0 Å². The van der Waals surface area contributed by atoms with E-state index >= 15 is 0 Å². The Hall–Kier alpha value is -1.13. The maximum absolute atomic E-state index is 9.34. The molecule has 4 nitrogen and oxygen atoms in total. The Morgan fingerprint density at radius 1 is 1.50 bits per heavy atom. The Kier molecular flexibility index (Phi) is 2.16.